The zero-order valence-corrected chi connectivity index (χ0v) is 26.1. The molecule has 0 radical (unpaired) electrons. The number of hydrogen-bond donors (Lipinski definition) is 1. The molecule has 1 aliphatic heterocycles. The van der Waals surface area contributed by atoms with Crippen LogP contribution in [-0.4, -0.2) is 86.5 Å². The summed E-state index contributed by atoms with van der Waals surface area (Å²) >= 11 is 0. The molecule has 0 spiro atoms. The van der Waals surface area contributed by atoms with Gasteiger partial charge in [0.1, 0.15) is 0 Å². The second-order valence-electron chi connectivity index (χ2n) is 11.7. The number of alkyl halides is 3. The maximum absolute atomic E-state index is 13.8. The molecule has 14 heteroatoms. The lowest BCUT2D eigenvalue weighted by Crippen LogP contribution is -3.00. The molecule has 2 aromatic carbocycles. The summed E-state index contributed by atoms with van der Waals surface area (Å²) in [6, 6.07) is 15.9. The van der Waals surface area contributed by atoms with E-state index in [1.165, 1.54) is 10.6 Å². The number of carbonyl (C=O) groups excluding carboxylic acids is 1. The average Bonchev–Trinajstić information content (AvgIpc) is 3.65. The molecule has 1 saturated heterocycles. The molecule has 6 rings (SSSR count). The van der Waals surface area contributed by atoms with Gasteiger partial charge in [0.25, 0.3) is 5.91 Å². The summed E-state index contributed by atoms with van der Waals surface area (Å²) in [4.78, 5) is 20.0. The van der Waals surface area contributed by atoms with Gasteiger partial charge >= 0.3 is 6.18 Å². The van der Waals surface area contributed by atoms with Crippen molar-refractivity contribution in [3.63, 3.8) is 0 Å². The second-order valence-corrected chi connectivity index (χ2v) is 11.7. The monoisotopic (exact) mass is 649 g/mol. The molecule has 0 unspecified atom stereocenters. The predicted octanol–water partition coefficient (Wildman–Crippen LogP) is 1.78. The van der Waals surface area contributed by atoms with E-state index in [2.05, 4.69) is 38.5 Å². The van der Waals surface area contributed by atoms with Crippen molar-refractivity contribution < 1.29 is 34.9 Å². The largest absolute Gasteiger partial charge is 1.00 e. The summed E-state index contributed by atoms with van der Waals surface area (Å²) < 4.78 is 45.1. The van der Waals surface area contributed by atoms with Crippen LogP contribution in [0, 0.1) is 18.3 Å². The first-order chi connectivity index (χ1) is 21.4. The Kier molecular flexibility index (Phi) is 8.90. The third-order valence-electron chi connectivity index (χ3n) is 8.34. The van der Waals surface area contributed by atoms with E-state index in [0.717, 1.165) is 38.3 Å². The zero-order valence-electron chi connectivity index (χ0n) is 25.4. The number of carbonyl (C=O) groups is 1. The first-order valence-electron chi connectivity index (χ1n) is 14.4. The lowest BCUT2D eigenvalue weighted by Gasteiger charge is -2.40. The maximum Gasteiger partial charge on any atom is 0.416 e. The van der Waals surface area contributed by atoms with Crippen LogP contribution in [0.15, 0.2) is 67.0 Å². The van der Waals surface area contributed by atoms with Crippen molar-refractivity contribution in [3.8, 4) is 34.1 Å². The van der Waals surface area contributed by atoms with E-state index in [-0.39, 0.29) is 30.8 Å². The van der Waals surface area contributed by atoms with Gasteiger partial charge in [0.15, 0.2) is 12.2 Å². The van der Waals surface area contributed by atoms with Crippen molar-refractivity contribution in [2.75, 3.05) is 52.1 Å². The summed E-state index contributed by atoms with van der Waals surface area (Å²) in [5.41, 5.74) is 3.41. The molecule has 0 atom stereocenters. The van der Waals surface area contributed by atoms with Crippen LogP contribution in [0.1, 0.15) is 16.7 Å². The average molecular weight is 650 g/mol. The number of benzene rings is 2. The number of amides is 1. The number of pyridine rings is 1. The lowest BCUT2D eigenvalue weighted by atomic mass is 9.95. The van der Waals surface area contributed by atoms with Gasteiger partial charge in [-0.15, -0.1) is 5.10 Å². The Hall–Kier alpha value is -4.77. The van der Waals surface area contributed by atoms with Gasteiger partial charge in [0.2, 0.25) is 5.95 Å². The van der Waals surface area contributed by atoms with Gasteiger partial charge in [0, 0.05) is 30.4 Å². The number of aromatic nitrogens is 5. The van der Waals surface area contributed by atoms with E-state index in [0.29, 0.717) is 49.3 Å². The normalized spacial score (nSPS) is 14.9. The summed E-state index contributed by atoms with van der Waals surface area (Å²) in [5.74, 6) is -0.180. The second kappa shape index (κ2) is 12.6. The number of halogens is 4. The molecule has 0 bridgehead atoms. The smallest absolute Gasteiger partial charge is 0.416 e. The molecule has 1 N–H and O–H groups in total. The summed E-state index contributed by atoms with van der Waals surface area (Å²) in [5, 5.41) is 21.0. The first-order valence-corrected chi connectivity index (χ1v) is 14.4. The molecular formula is C32H31ClF3N9O. The standard InChI is InChI=1S/C32H30F3N9O.ClH/c1-21-26(27-11-12-37-43(27)25-9-7-22(18-36)8-10-25)19-42-30(29(21)23-5-4-6-24(17-23)32(33,34)35)39-31(40-42)38-28(45)20-44(3)15-13-41(2)14-16-44;/h4-12,17,19H,13-16,20H2,1-3H3;1H. The number of fused-ring (bicyclic) bond motifs is 1. The third-order valence-corrected chi connectivity index (χ3v) is 8.34. The van der Waals surface area contributed by atoms with E-state index in [1.54, 1.807) is 53.5 Å². The third kappa shape index (κ3) is 6.46. The molecule has 1 aliphatic rings. The molecule has 238 valence electrons. The van der Waals surface area contributed by atoms with Crippen molar-refractivity contribution in [1.82, 2.24) is 29.3 Å². The molecule has 0 saturated carbocycles. The molecule has 1 fully saturated rings. The van der Waals surface area contributed by atoms with Gasteiger partial charge in [-0.2, -0.15) is 28.5 Å². The fraction of sp³-hybridized carbons (Fsp3) is 0.281. The Morgan fingerprint density at radius 3 is 2.50 bits per heavy atom. The van der Waals surface area contributed by atoms with Crippen LogP contribution in [0.25, 0.3) is 33.7 Å². The van der Waals surface area contributed by atoms with Crippen LogP contribution >= 0.6 is 0 Å². The van der Waals surface area contributed by atoms with Gasteiger partial charge in [-0.05, 0) is 67.6 Å². The summed E-state index contributed by atoms with van der Waals surface area (Å²) in [6.07, 6.45) is -1.19. The Balaban J connectivity index is 0.00000417. The quantitative estimate of drug-likeness (QED) is 0.282. The number of hydrogen-bond acceptors (Lipinski definition) is 6. The van der Waals surface area contributed by atoms with E-state index in [9.17, 15) is 23.2 Å². The number of rotatable bonds is 6. The van der Waals surface area contributed by atoms with E-state index in [4.69, 9.17) is 0 Å². The van der Waals surface area contributed by atoms with E-state index >= 15 is 0 Å². The van der Waals surface area contributed by atoms with Crippen molar-refractivity contribution in [3.05, 3.63) is 83.7 Å². The van der Waals surface area contributed by atoms with Crippen LogP contribution in [-0.2, 0) is 11.0 Å². The number of anilines is 1. The zero-order chi connectivity index (χ0) is 31.9. The number of piperazine rings is 1. The van der Waals surface area contributed by atoms with E-state index in [1.807, 2.05) is 14.0 Å². The van der Waals surface area contributed by atoms with Gasteiger partial charge in [-0.3, -0.25) is 15.0 Å². The minimum absolute atomic E-state index is 0. The van der Waals surface area contributed by atoms with E-state index < -0.39 is 11.7 Å². The Labute approximate surface area is 269 Å². The SMILES string of the molecule is Cc1c(-c2ccnn2-c2ccc(C#N)cc2)cn2nc(NC(=O)C[N+]3(C)CCN(C)CC3)nc2c1-c1cccc(C(F)(F)F)c1.[Cl-]. The predicted molar refractivity (Wildman–Crippen MR) is 162 cm³/mol. The first kappa shape index (κ1) is 32.6. The topological polar surface area (TPSA) is 104 Å². The fourth-order valence-electron chi connectivity index (χ4n) is 5.72. The molecule has 46 heavy (non-hydrogen) atoms. The summed E-state index contributed by atoms with van der Waals surface area (Å²) in [7, 11) is 4.10. The molecule has 10 nitrogen and oxygen atoms in total. The Morgan fingerprint density at radius 1 is 1.11 bits per heavy atom. The number of nitrogens with one attached hydrogen (secondary N) is 1. The number of quaternary nitrogens is 1. The van der Waals surface area contributed by atoms with Gasteiger partial charge in [-0.25, -0.2) is 9.20 Å². The Morgan fingerprint density at radius 2 is 1.83 bits per heavy atom. The highest BCUT2D eigenvalue weighted by molar-refractivity contribution is 5.91. The lowest BCUT2D eigenvalue weighted by molar-refractivity contribution is -0.905. The molecule has 4 heterocycles. The highest BCUT2D eigenvalue weighted by Crippen LogP contribution is 2.38. The molecule has 1 amide bonds. The highest BCUT2D eigenvalue weighted by Gasteiger charge is 2.32. The minimum Gasteiger partial charge on any atom is -1.00 e. The molecule has 3 aromatic heterocycles. The highest BCUT2D eigenvalue weighted by atomic mass is 35.5. The van der Waals surface area contributed by atoms with Crippen molar-refractivity contribution in [1.29, 1.82) is 5.26 Å². The number of likely N-dealkylation sites (N-methyl/N-ethyl adjacent to an activating group) is 2. The molecule has 5 aromatic rings. The Bertz CT molecular complexity index is 1940. The van der Waals surface area contributed by atoms with Crippen LogP contribution in [0.5, 0.6) is 0 Å². The maximum atomic E-state index is 13.8. The minimum atomic E-state index is -4.54. The van der Waals surface area contributed by atoms with Crippen molar-refractivity contribution in [2.24, 2.45) is 0 Å². The number of nitriles is 1. The molecular weight excluding hydrogens is 619 g/mol. The van der Waals surface area contributed by atoms with Gasteiger partial charge in [0.05, 0.1) is 54.9 Å². The van der Waals surface area contributed by atoms with Gasteiger partial charge < -0.3 is 16.9 Å². The summed E-state index contributed by atoms with van der Waals surface area (Å²) in [6.45, 7) is 5.50. The van der Waals surface area contributed by atoms with Gasteiger partial charge in [-0.1, -0.05) is 12.1 Å². The van der Waals surface area contributed by atoms with Crippen LogP contribution in [0.2, 0.25) is 0 Å². The van der Waals surface area contributed by atoms with Crippen LogP contribution < -0.4 is 17.7 Å². The van der Waals surface area contributed by atoms with Crippen LogP contribution in [0.3, 0.4) is 0 Å². The van der Waals surface area contributed by atoms with Crippen LogP contribution in [0.4, 0.5) is 19.1 Å². The van der Waals surface area contributed by atoms with Crippen molar-refractivity contribution >= 4 is 17.5 Å². The van der Waals surface area contributed by atoms with Crippen molar-refractivity contribution in [2.45, 2.75) is 13.1 Å². The number of nitrogens with zero attached hydrogens (tertiary/aromatic N) is 8. The molecule has 0 aliphatic carbocycles. The fourth-order valence-corrected chi connectivity index (χ4v) is 5.72.